The minimum absolute atomic E-state index is 0.0206. The maximum atomic E-state index is 12.9. The van der Waals surface area contributed by atoms with Gasteiger partial charge in [0, 0.05) is 54.1 Å². The molecule has 2 aromatic carbocycles. The number of hydrogen-bond donors (Lipinski definition) is 2. The molecule has 10 heteroatoms. The number of fused-ring (bicyclic) bond motifs is 1. The Morgan fingerprint density at radius 1 is 1.09 bits per heavy atom. The first-order chi connectivity index (χ1) is 16.8. The molecule has 8 nitrogen and oxygen atoms in total. The number of anilines is 3. The second-order valence-electron chi connectivity index (χ2n) is 9.31. The molecule has 3 aliphatic rings. The van der Waals surface area contributed by atoms with E-state index < -0.39 is 9.84 Å². The van der Waals surface area contributed by atoms with E-state index in [1.807, 2.05) is 37.3 Å². The molecular weight excluding hydrogens is 482 g/mol. The average Bonchev–Trinajstić information content (AvgIpc) is 3.33. The Labute approximate surface area is 211 Å². The van der Waals surface area contributed by atoms with Gasteiger partial charge in [0.25, 0.3) is 5.91 Å². The van der Waals surface area contributed by atoms with Crippen LogP contribution in [0.5, 0.6) is 0 Å². The lowest BCUT2D eigenvalue weighted by Gasteiger charge is -2.35. The molecule has 0 aliphatic carbocycles. The Balaban J connectivity index is 1.22. The van der Waals surface area contributed by atoms with Gasteiger partial charge in [-0.05, 0) is 55.4 Å². The van der Waals surface area contributed by atoms with Crippen molar-refractivity contribution >= 4 is 49.7 Å². The summed E-state index contributed by atoms with van der Waals surface area (Å²) in [5.74, 6) is 0.110. The first-order valence-electron chi connectivity index (χ1n) is 12.0. The molecule has 5 rings (SSSR count). The Morgan fingerprint density at radius 3 is 2.51 bits per heavy atom. The number of benzene rings is 2. The normalized spacial score (nSPS) is 23.6. The van der Waals surface area contributed by atoms with Crippen molar-refractivity contribution in [2.45, 2.75) is 25.1 Å². The van der Waals surface area contributed by atoms with Crippen LogP contribution in [0.1, 0.15) is 22.8 Å². The van der Waals surface area contributed by atoms with Crippen molar-refractivity contribution in [3.8, 4) is 0 Å². The number of nitrogens with one attached hydrogen (secondary N) is 2. The van der Waals surface area contributed by atoms with Crippen LogP contribution < -0.4 is 15.5 Å². The fraction of sp³-hybridized carbons (Fsp3) is 0.440. The second kappa shape index (κ2) is 9.83. The molecule has 186 valence electrons. The van der Waals surface area contributed by atoms with Crippen molar-refractivity contribution in [1.82, 2.24) is 4.90 Å². The molecule has 2 aromatic rings. The van der Waals surface area contributed by atoms with Crippen LogP contribution in [0.25, 0.3) is 0 Å². The smallest absolute Gasteiger partial charge is 0.255 e. The van der Waals surface area contributed by atoms with Crippen molar-refractivity contribution in [2.24, 2.45) is 4.99 Å². The van der Waals surface area contributed by atoms with E-state index in [4.69, 9.17) is 0 Å². The van der Waals surface area contributed by atoms with Crippen molar-refractivity contribution in [1.29, 1.82) is 0 Å². The van der Waals surface area contributed by atoms with Crippen LogP contribution in [0.4, 0.5) is 17.1 Å². The second-order valence-corrected chi connectivity index (χ2v) is 12.7. The molecule has 1 amide bonds. The SMILES string of the molecule is CCN1CCN(c2ccc(NC(=O)c3ccc(C)c(NC4=N[C@H]5CS(=O)(=O)C[C@H]5S4)c3)cc2)CC1. The van der Waals surface area contributed by atoms with Crippen LogP contribution in [-0.2, 0) is 9.84 Å². The summed E-state index contributed by atoms with van der Waals surface area (Å²) in [6.45, 7) is 9.43. The molecule has 35 heavy (non-hydrogen) atoms. The van der Waals surface area contributed by atoms with E-state index in [9.17, 15) is 13.2 Å². The molecule has 0 spiro atoms. The lowest BCUT2D eigenvalue weighted by molar-refractivity contribution is 0.102. The van der Waals surface area contributed by atoms with Crippen LogP contribution >= 0.6 is 11.8 Å². The van der Waals surface area contributed by atoms with Gasteiger partial charge in [-0.3, -0.25) is 9.79 Å². The van der Waals surface area contributed by atoms with Crippen LogP contribution in [0, 0.1) is 6.92 Å². The number of amides is 1. The number of carbonyl (C=O) groups excluding carboxylic acids is 1. The Hall–Kier alpha value is -2.56. The molecule has 2 fully saturated rings. The third-order valence-electron chi connectivity index (χ3n) is 6.87. The fourth-order valence-corrected chi connectivity index (χ4v) is 8.38. The topological polar surface area (TPSA) is 94.1 Å². The summed E-state index contributed by atoms with van der Waals surface area (Å²) >= 11 is 1.47. The molecule has 2 saturated heterocycles. The number of thioether (sulfide) groups is 1. The number of piperazine rings is 1. The molecule has 0 unspecified atom stereocenters. The number of aliphatic imine (C=N–C) groups is 1. The first-order valence-corrected chi connectivity index (χ1v) is 14.7. The van der Waals surface area contributed by atoms with Gasteiger partial charge in [0.05, 0.1) is 17.5 Å². The van der Waals surface area contributed by atoms with Gasteiger partial charge in [-0.2, -0.15) is 0 Å². The third-order valence-corrected chi connectivity index (χ3v) is 10.0. The lowest BCUT2D eigenvalue weighted by atomic mass is 10.1. The van der Waals surface area contributed by atoms with E-state index in [-0.39, 0.29) is 28.7 Å². The van der Waals surface area contributed by atoms with E-state index in [0.29, 0.717) is 10.7 Å². The van der Waals surface area contributed by atoms with Gasteiger partial charge in [0.1, 0.15) is 0 Å². The summed E-state index contributed by atoms with van der Waals surface area (Å²) in [5, 5.41) is 6.99. The molecular formula is C25H31N5O3S2. The Kier molecular flexibility index (Phi) is 6.78. The third kappa shape index (κ3) is 5.49. The number of amidine groups is 1. The maximum Gasteiger partial charge on any atom is 0.255 e. The van der Waals surface area contributed by atoms with E-state index in [0.717, 1.165) is 49.7 Å². The summed E-state index contributed by atoms with van der Waals surface area (Å²) in [4.78, 5) is 22.3. The predicted molar refractivity (Wildman–Crippen MR) is 145 cm³/mol. The lowest BCUT2D eigenvalue weighted by Crippen LogP contribution is -2.46. The highest BCUT2D eigenvalue weighted by atomic mass is 32.2. The largest absolute Gasteiger partial charge is 0.369 e. The molecule has 3 heterocycles. The number of sulfone groups is 1. The van der Waals surface area contributed by atoms with E-state index in [2.05, 4.69) is 44.5 Å². The van der Waals surface area contributed by atoms with Gasteiger partial charge in [0.15, 0.2) is 15.0 Å². The van der Waals surface area contributed by atoms with Gasteiger partial charge in [-0.25, -0.2) is 8.42 Å². The number of carbonyl (C=O) groups is 1. The fourth-order valence-electron chi connectivity index (χ4n) is 4.71. The molecule has 0 aromatic heterocycles. The zero-order chi connectivity index (χ0) is 24.6. The molecule has 2 N–H and O–H groups in total. The predicted octanol–water partition coefficient (Wildman–Crippen LogP) is 3.07. The first kappa shape index (κ1) is 24.1. The van der Waals surface area contributed by atoms with Crippen molar-refractivity contribution in [3.63, 3.8) is 0 Å². The Bertz CT molecular complexity index is 1240. The highest BCUT2D eigenvalue weighted by Gasteiger charge is 2.42. The monoisotopic (exact) mass is 513 g/mol. The quantitative estimate of drug-likeness (QED) is 0.635. The van der Waals surface area contributed by atoms with E-state index >= 15 is 0 Å². The van der Waals surface area contributed by atoms with Crippen LogP contribution in [0.15, 0.2) is 47.5 Å². The summed E-state index contributed by atoms with van der Waals surface area (Å²) < 4.78 is 23.6. The molecule has 3 aliphatic heterocycles. The van der Waals surface area contributed by atoms with Crippen molar-refractivity contribution in [3.05, 3.63) is 53.6 Å². The van der Waals surface area contributed by atoms with Crippen LogP contribution in [-0.4, -0.2) is 79.9 Å². The van der Waals surface area contributed by atoms with Crippen LogP contribution in [0.2, 0.25) is 0 Å². The van der Waals surface area contributed by atoms with Gasteiger partial charge in [-0.15, -0.1) is 0 Å². The summed E-state index contributed by atoms with van der Waals surface area (Å²) in [6, 6.07) is 13.4. The summed E-state index contributed by atoms with van der Waals surface area (Å²) in [6.07, 6.45) is 0. The number of nitrogens with zero attached hydrogens (tertiary/aromatic N) is 3. The zero-order valence-electron chi connectivity index (χ0n) is 20.0. The van der Waals surface area contributed by atoms with Crippen LogP contribution in [0.3, 0.4) is 0 Å². The van der Waals surface area contributed by atoms with Gasteiger partial charge >= 0.3 is 0 Å². The number of aryl methyl sites for hydroxylation is 1. The van der Waals surface area contributed by atoms with Gasteiger partial charge in [-0.1, -0.05) is 24.8 Å². The Morgan fingerprint density at radius 2 is 1.83 bits per heavy atom. The maximum absolute atomic E-state index is 12.9. The zero-order valence-corrected chi connectivity index (χ0v) is 21.7. The molecule has 0 bridgehead atoms. The standard InChI is InChI=1S/C25H31N5O3S2/c1-3-29-10-12-30(13-11-29)20-8-6-19(7-9-20)26-24(31)18-5-4-17(2)21(14-18)27-25-28-22-15-35(32,33)16-23(22)34-25/h4-9,14,22-23H,3,10-13,15-16H2,1-2H3,(H,26,31)(H,27,28)/t22-,23+/m0/s1. The molecule has 0 radical (unpaired) electrons. The highest BCUT2D eigenvalue weighted by molar-refractivity contribution is 8.15. The summed E-state index contributed by atoms with van der Waals surface area (Å²) in [7, 11) is -2.98. The minimum Gasteiger partial charge on any atom is -0.369 e. The minimum atomic E-state index is -2.98. The van der Waals surface area contributed by atoms with Crippen molar-refractivity contribution < 1.29 is 13.2 Å². The van der Waals surface area contributed by atoms with Gasteiger partial charge in [0.2, 0.25) is 0 Å². The molecule has 0 saturated carbocycles. The van der Waals surface area contributed by atoms with E-state index in [1.165, 1.54) is 17.4 Å². The number of hydrogen-bond acceptors (Lipinski definition) is 8. The number of likely N-dealkylation sites (N-methyl/N-ethyl adjacent to an activating group) is 1. The average molecular weight is 514 g/mol. The summed E-state index contributed by atoms with van der Waals surface area (Å²) in [5.41, 5.74) is 4.26. The number of rotatable bonds is 5. The van der Waals surface area contributed by atoms with Gasteiger partial charge < -0.3 is 20.4 Å². The molecule has 2 atom stereocenters. The highest BCUT2D eigenvalue weighted by Crippen LogP contribution is 2.35. The van der Waals surface area contributed by atoms with E-state index in [1.54, 1.807) is 0 Å². The van der Waals surface area contributed by atoms with Crippen molar-refractivity contribution in [2.75, 3.05) is 59.8 Å².